The van der Waals surface area contributed by atoms with Gasteiger partial charge in [0.1, 0.15) is 19.8 Å². The summed E-state index contributed by atoms with van der Waals surface area (Å²) in [4.78, 5) is 35.5. The molecular formula is C52H91NO10P+. The number of ether oxygens (including phenoxy) is 2. The monoisotopic (exact) mass is 921 g/mol. The first-order chi connectivity index (χ1) is 30.8. The zero-order valence-corrected chi connectivity index (χ0v) is 41.6. The zero-order chi connectivity index (χ0) is 47.4. The fourth-order valence-electron chi connectivity index (χ4n) is 6.21. The maximum absolute atomic E-state index is 12.7. The van der Waals surface area contributed by atoms with E-state index < -0.39 is 44.7 Å². The molecule has 0 amide bonds. The van der Waals surface area contributed by atoms with Crippen LogP contribution in [0.1, 0.15) is 168 Å². The minimum atomic E-state index is -4.43. The number of hydrogen-bond donors (Lipinski definition) is 3. The van der Waals surface area contributed by atoms with E-state index in [1.807, 2.05) is 57.6 Å². The Labute approximate surface area is 389 Å². The number of carbonyl (C=O) groups excluding carboxylic acids is 2. The van der Waals surface area contributed by atoms with E-state index in [0.29, 0.717) is 43.1 Å². The van der Waals surface area contributed by atoms with Crippen molar-refractivity contribution in [2.24, 2.45) is 0 Å². The molecule has 0 aromatic carbocycles. The summed E-state index contributed by atoms with van der Waals surface area (Å²) < 4.78 is 34.2. The second kappa shape index (κ2) is 42.7. The predicted octanol–water partition coefficient (Wildman–Crippen LogP) is 12.3. The molecule has 0 aliphatic heterocycles. The van der Waals surface area contributed by atoms with Gasteiger partial charge < -0.3 is 29.1 Å². The molecule has 12 heteroatoms. The predicted molar refractivity (Wildman–Crippen MR) is 264 cm³/mol. The van der Waals surface area contributed by atoms with E-state index in [4.69, 9.17) is 18.5 Å². The average molecular weight is 921 g/mol. The largest absolute Gasteiger partial charge is 0.472 e. The molecule has 0 fully saturated rings. The van der Waals surface area contributed by atoms with Crippen LogP contribution in [0, 0.1) is 0 Å². The summed E-state index contributed by atoms with van der Waals surface area (Å²) in [5, 5.41) is 20.0. The summed E-state index contributed by atoms with van der Waals surface area (Å²) >= 11 is 0. The summed E-state index contributed by atoms with van der Waals surface area (Å²) in [6.45, 7) is 4.02. The van der Waals surface area contributed by atoms with Crippen molar-refractivity contribution in [3.8, 4) is 0 Å². The van der Waals surface area contributed by atoms with E-state index in [-0.39, 0.29) is 26.1 Å². The number of aliphatic hydroxyl groups excluding tert-OH is 2. The van der Waals surface area contributed by atoms with Crippen LogP contribution in [0.3, 0.4) is 0 Å². The number of rotatable bonds is 43. The lowest BCUT2D eigenvalue weighted by Gasteiger charge is -2.24. The van der Waals surface area contributed by atoms with Crippen molar-refractivity contribution in [3.05, 3.63) is 85.1 Å². The third-order valence-corrected chi connectivity index (χ3v) is 11.1. The summed E-state index contributed by atoms with van der Waals surface area (Å²) in [6.07, 6.45) is 48.5. The lowest BCUT2D eigenvalue weighted by molar-refractivity contribution is -0.870. The Hall–Kier alpha value is -2.89. The van der Waals surface area contributed by atoms with Crippen LogP contribution in [0.2, 0.25) is 0 Å². The summed E-state index contributed by atoms with van der Waals surface area (Å²) in [5.41, 5.74) is 0. The molecule has 0 heterocycles. The number of carbonyl (C=O) groups is 2. The number of aliphatic hydroxyl groups is 2. The fourth-order valence-corrected chi connectivity index (χ4v) is 6.95. The Morgan fingerprint density at radius 1 is 0.578 bits per heavy atom. The maximum atomic E-state index is 12.7. The third-order valence-electron chi connectivity index (χ3n) is 10.1. The Kier molecular flexibility index (Phi) is 40.8. The molecule has 0 radical (unpaired) electrons. The molecule has 0 rings (SSSR count). The summed E-state index contributed by atoms with van der Waals surface area (Å²) in [7, 11) is 1.36. The van der Waals surface area contributed by atoms with Crippen LogP contribution in [-0.2, 0) is 32.7 Å². The van der Waals surface area contributed by atoms with Crippen molar-refractivity contribution in [1.82, 2.24) is 0 Å². The first-order valence-corrected chi connectivity index (χ1v) is 26.0. The van der Waals surface area contributed by atoms with E-state index in [1.54, 1.807) is 36.5 Å². The number of quaternary nitrogens is 1. The van der Waals surface area contributed by atoms with Gasteiger partial charge in [-0.15, -0.1) is 0 Å². The van der Waals surface area contributed by atoms with E-state index in [0.717, 1.165) is 25.7 Å². The molecule has 0 saturated heterocycles. The van der Waals surface area contributed by atoms with E-state index in [9.17, 15) is 29.3 Å². The molecule has 0 aromatic rings. The van der Waals surface area contributed by atoms with Gasteiger partial charge in [-0.3, -0.25) is 18.6 Å². The molecule has 0 saturated carbocycles. The zero-order valence-electron chi connectivity index (χ0n) is 40.7. The number of allylic oxidation sites excluding steroid dienone is 10. The van der Waals surface area contributed by atoms with Gasteiger partial charge in [-0.2, -0.15) is 0 Å². The van der Waals surface area contributed by atoms with Crippen LogP contribution in [0.5, 0.6) is 0 Å². The normalized spacial score (nSPS) is 15.2. The minimum Gasteiger partial charge on any atom is -0.462 e. The first-order valence-electron chi connectivity index (χ1n) is 24.5. The highest BCUT2D eigenvalue weighted by Gasteiger charge is 2.27. The molecular weight excluding hydrogens is 830 g/mol. The highest BCUT2D eigenvalue weighted by atomic mass is 31.2. The van der Waals surface area contributed by atoms with Gasteiger partial charge >= 0.3 is 19.8 Å². The van der Waals surface area contributed by atoms with Gasteiger partial charge in [0, 0.05) is 12.8 Å². The smallest absolute Gasteiger partial charge is 0.462 e. The molecule has 64 heavy (non-hydrogen) atoms. The van der Waals surface area contributed by atoms with Crippen LogP contribution in [0.15, 0.2) is 85.1 Å². The molecule has 11 nitrogen and oxygen atoms in total. The molecule has 368 valence electrons. The van der Waals surface area contributed by atoms with Gasteiger partial charge in [0.15, 0.2) is 6.10 Å². The quantitative estimate of drug-likeness (QED) is 0.0135. The van der Waals surface area contributed by atoms with Crippen molar-refractivity contribution in [2.75, 3.05) is 47.5 Å². The number of nitrogens with zero attached hydrogens (tertiary/aromatic N) is 1. The third kappa shape index (κ3) is 45.7. The number of unbranched alkanes of at least 4 members (excludes halogenated alkanes) is 15. The Bertz CT molecular complexity index is 1400. The van der Waals surface area contributed by atoms with Crippen molar-refractivity contribution < 1.29 is 52.3 Å². The van der Waals surface area contributed by atoms with Crippen LogP contribution in [-0.4, -0.2) is 97.3 Å². The second-order valence-corrected chi connectivity index (χ2v) is 19.0. The topological polar surface area (TPSA) is 149 Å². The van der Waals surface area contributed by atoms with E-state index in [1.165, 1.54) is 83.5 Å². The summed E-state index contributed by atoms with van der Waals surface area (Å²) in [6, 6.07) is 0. The number of phosphoric ester groups is 1. The highest BCUT2D eigenvalue weighted by Crippen LogP contribution is 2.43. The number of hydrogen-bond acceptors (Lipinski definition) is 9. The molecule has 0 spiro atoms. The number of esters is 2. The van der Waals surface area contributed by atoms with E-state index >= 15 is 0 Å². The lowest BCUT2D eigenvalue weighted by atomic mass is 10.1. The summed E-state index contributed by atoms with van der Waals surface area (Å²) in [5.74, 6) is -0.972. The van der Waals surface area contributed by atoms with Gasteiger partial charge in [0.05, 0.1) is 40.0 Å². The Balaban J connectivity index is 4.52. The molecule has 0 aliphatic rings. The van der Waals surface area contributed by atoms with Gasteiger partial charge in [-0.05, 0) is 64.2 Å². The maximum Gasteiger partial charge on any atom is 0.472 e. The molecule has 3 N–H and O–H groups in total. The highest BCUT2D eigenvalue weighted by molar-refractivity contribution is 7.47. The molecule has 4 atom stereocenters. The standard InChI is InChI=1S/C52H90NO10P/c1-6-8-10-11-12-13-14-15-16-17-18-19-20-21-22-23-24-29-37-43-52(57)63-50(47-62-64(58,59)61-45-44-53(3,4)5)46-60-51(56)42-36-28-26-25-27-33-39-49(55)41-35-31-30-34-40-48(54)38-32-9-7-2/h9,15-16,26-28,30-35,40-41,48-50,54-55H,6-8,10-14,17-25,29,36-39,42-47H2,1-5H3/p+1/b16-15-,28-26-,31-30-,32-9-,33-27-,40-34+,41-35+/t48-,49+,50-/m1/s1. The van der Waals surface area contributed by atoms with E-state index in [2.05, 4.69) is 26.0 Å². The van der Waals surface area contributed by atoms with Crippen LogP contribution >= 0.6 is 7.82 Å². The first kappa shape index (κ1) is 61.1. The van der Waals surface area contributed by atoms with Crippen LogP contribution < -0.4 is 0 Å². The fraction of sp³-hybridized carbons (Fsp3) is 0.692. The van der Waals surface area contributed by atoms with Crippen molar-refractivity contribution in [1.29, 1.82) is 0 Å². The van der Waals surface area contributed by atoms with Crippen LogP contribution in [0.25, 0.3) is 0 Å². The van der Waals surface area contributed by atoms with Gasteiger partial charge in [-0.1, -0.05) is 176 Å². The van der Waals surface area contributed by atoms with Crippen molar-refractivity contribution in [3.63, 3.8) is 0 Å². The average Bonchev–Trinajstić information content (AvgIpc) is 3.24. The van der Waals surface area contributed by atoms with Crippen LogP contribution in [0.4, 0.5) is 0 Å². The second-order valence-electron chi connectivity index (χ2n) is 17.5. The Morgan fingerprint density at radius 2 is 1.09 bits per heavy atom. The lowest BCUT2D eigenvalue weighted by Crippen LogP contribution is -2.37. The molecule has 1 unspecified atom stereocenters. The molecule has 0 aromatic heterocycles. The Morgan fingerprint density at radius 3 is 1.66 bits per heavy atom. The molecule has 0 aliphatic carbocycles. The van der Waals surface area contributed by atoms with Gasteiger partial charge in [0.25, 0.3) is 0 Å². The van der Waals surface area contributed by atoms with Gasteiger partial charge in [0.2, 0.25) is 0 Å². The SMILES string of the molecule is CC/C=C\C[C@@H](O)/C=C/C=C\C=C\[C@@H](O)C/C=C\C/C=C\CCC(=O)OC[C@H](COP(=O)(O)OCC[N+](C)(C)C)OC(=O)CCCCCCCCCCC/C=C\CCCCCCCC. The minimum absolute atomic E-state index is 0.00201. The number of likely N-dealkylation sites (N-methyl/N-ethyl adjacent to an activating group) is 1. The van der Waals surface area contributed by atoms with Crippen molar-refractivity contribution >= 4 is 19.8 Å². The van der Waals surface area contributed by atoms with Gasteiger partial charge in [-0.25, -0.2) is 4.57 Å². The number of phosphoric acid groups is 1. The van der Waals surface area contributed by atoms with Crippen molar-refractivity contribution in [2.45, 2.75) is 186 Å². The molecule has 0 bridgehead atoms.